The number of benzene rings is 1. The van der Waals surface area contributed by atoms with E-state index in [2.05, 4.69) is 10.4 Å². The topological polar surface area (TPSA) is 56.2 Å². The quantitative estimate of drug-likeness (QED) is 0.942. The van der Waals surface area contributed by atoms with E-state index in [9.17, 15) is 4.79 Å². The highest BCUT2D eigenvalue weighted by Crippen LogP contribution is 2.25. The molecule has 6 heteroatoms. The van der Waals surface area contributed by atoms with Crippen molar-refractivity contribution in [1.29, 1.82) is 0 Å². The average molecular weight is 294 g/mol. The minimum absolute atomic E-state index is 0.229. The number of nitrogens with zero attached hydrogens (tertiary/aromatic N) is 2. The van der Waals surface area contributed by atoms with Gasteiger partial charge in [-0.2, -0.15) is 5.10 Å². The molecule has 0 aliphatic carbocycles. The Balaban J connectivity index is 2.24. The number of hydrogen-bond acceptors (Lipinski definition) is 3. The van der Waals surface area contributed by atoms with Crippen molar-refractivity contribution in [2.75, 3.05) is 12.4 Å². The molecule has 0 unspecified atom stereocenters. The summed E-state index contributed by atoms with van der Waals surface area (Å²) >= 11 is 6.02. The van der Waals surface area contributed by atoms with Crippen molar-refractivity contribution in [3.05, 3.63) is 40.5 Å². The third-order valence-corrected chi connectivity index (χ3v) is 3.26. The zero-order valence-electron chi connectivity index (χ0n) is 11.6. The molecule has 0 aliphatic heterocycles. The molecular weight excluding hydrogens is 278 g/mol. The van der Waals surface area contributed by atoms with E-state index < -0.39 is 0 Å². The number of anilines is 1. The molecule has 0 radical (unpaired) electrons. The van der Waals surface area contributed by atoms with Crippen molar-refractivity contribution < 1.29 is 9.53 Å². The van der Waals surface area contributed by atoms with Gasteiger partial charge < -0.3 is 10.1 Å². The Kier molecular flexibility index (Phi) is 4.29. The van der Waals surface area contributed by atoms with Gasteiger partial charge in [-0.3, -0.25) is 4.79 Å². The molecule has 2 rings (SSSR count). The minimum atomic E-state index is -0.229. The molecule has 1 aromatic heterocycles. The van der Waals surface area contributed by atoms with E-state index in [1.54, 1.807) is 29.1 Å². The molecule has 0 aliphatic rings. The third-order valence-electron chi connectivity index (χ3n) is 2.97. The van der Waals surface area contributed by atoms with E-state index in [0.29, 0.717) is 28.7 Å². The van der Waals surface area contributed by atoms with E-state index in [0.717, 1.165) is 5.56 Å². The van der Waals surface area contributed by atoms with Crippen LogP contribution in [0.2, 0.25) is 5.02 Å². The van der Waals surface area contributed by atoms with Crippen molar-refractivity contribution in [3.8, 4) is 5.75 Å². The second kappa shape index (κ2) is 5.96. The summed E-state index contributed by atoms with van der Waals surface area (Å²) in [6.45, 7) is 4.55. The standard InChI is InChI=1S/C14H16ClN3O2/c1-4-18-13(9(2)8-16-18)17-14(19)10-5-6-12(20-3)11(15)7-10/h5-8H,4H2,1-3H3,(H,17,19). The molecule has 0 atom stereocenters. The molecule has 0 spiro atoms. The van der Waals surface area contributed by atoms with Gasteiger partial charge >= 0.3 is 0 Å². The maximum Gasteiger partial charge on any atom is 0.256 e. The second-order valence-electron chi connectivity index (χ2n) is 4.30. The summed E-state index contributed by atoms with van der Waals surface area (Å²) in [5.74, 6) is 1.01. The first kappa shape index (κ1) is 14.4. The van der Waals surface area contributed by atoms with Crippen LogP contribution in [0.1, 0.15) is 22.8 Å². The number of amides is 1. The zero-order chi connectivity index (χ0) is 14.7. The predicted octanol–water partition coefficient (Wildman–Crippen LogP) is 3.13. The Morgan fingerprint density at radius 3 is 2.85 bits per heavy atom. The Morgan fingerprint density at radius 2 is 2.25 bits per heavy atom. The fraction of sp³-hybridized carbons (Fsp3) is 0.286. The Labute approximate surface area is 122 Å². The van der Waals surface area contributed by atoms with Crippen LogP contribution < -0.4 is 10.1 Å². The fourth-order valence-electron chi connectivity index (χ4n) is 1.87. The molecule has 1 aromatic carbocycles. The molecule has 0 saturated carbocycles. The molecule has 106 valence electrons. The number of carbonyl (C=O) groups excluding carboxylic acids is 1. The highest BCUT2D eigenvalue weighted by Gasteiger charge is 2.13. The molecule has 0 bridgehead atoms. The van der Waals surface area contributed by atoms with Gasteiger partial charge in [0.25, 0.3) is 5.91 Å². The van der Waals surface area contributed by atoms with Crippen LogP contribution in [-0.2, 0) is 6.54 Å². The van der Waals surface area contributed by atoms with Gasteiger partial charge in [0, 0.05) is 17.7 Å². The lowest BCUT2D eigenvalue weighted by Crippen LogP contribution is -2.16. The highest BCUT2D eigenvalue weighted by molar-refractivity contribution is 6.32. The van der Waals surface area contributed by atoms with Gasteiger partial charge in [-0.25, -0.2) is 4.68 Å². The fourth-order valence-corrected chi connectivity index (χ4v) is 2.13. The lowest BCUT2D eigenvalue weighted by Gasteiger charge is -2.09. The smallest absolute Gasteiger partial charge is 0.256 e. The first-order valence-electron chi connectivity index (χ1n) is 6.24. The monoisotopic (exact) mass is 293 g/mol. The minimum Gasteiger partial charge on any atom is -0.495 e. The number of methoxy groups -OCH3 is 1. The van der Waals surface area contributed by atoms with E-state index in [4.69, 9.17) is 16.3 Å². The van der Waals surface area contributed by atoms with E-state index in [1.807, 2.05) is 13.8 Å². The van der Waals surface area contributed by atoms with Gasteiger partial charge in [0.2, 0.25) is 0 Å². The van der Waals surface area contributed by atoms with Crippen LogP contribution in [0.3, 0.4) is 0 Å². The van der Waals surface area contributed by atoms with Crippen LogP contribution in [-0.4, -0.2) is 22.8 Å². The van der Waals surface area contributed by atoms with Gasteiger partial charge in [-0.1, -0.05) is 11.6 Å². The molecule has 0 saturated heterocycles. The number of rotatable bonds is 4. The molecular formula is C14H16ClN3O2. The van der Waals surface area contributed by atoms with Gasteiger partial charge in [0.1, 0.15) is 11.6 Å². The van der Waals surface area contributed by atoms with E-state index in [-0.39, 0.29) is 5.91 Å². The highest BCUT2D eigenvalue weighted by atomic mass is 35.5. The maximum absolute atomic E-state index is 12.2. The lowest BCUT2D eigenvalue weighted by molar-refractivity contribution is 0.102. The first-order chi connectivity index (χ1) is 9.56. The number of carbonyl (C=O) groups is 1. The van der Waals surface area contributed by atoms with Crippen molar-refractivity contribution >= 4 is 23.3 Å². The zero-order valence-corrected chi connectivity index (χ0v) is 12.4. The van der Waals surface area contributed by atoms with Gasteiger partial charge in [0.05, 0.1) is 18.3 Å². The van der Waals surface area contributed by atoms with Crippen LogP contribution in [0, 0.1) is 6.92 Å². The molecule has 20 heavy (non-hydrogen) atoms. The summed E-state index contributed by atoms with van der Waals surface area (Å²) in [5.41, 5.74) is 1.39. The van der Waals surface area contributed by atoms with Crippen LogP contribution in [0.5, 0.6) is 5.75 Å². The van der Waals surface area contributed by atoms with Gasteiger partial charge in [0.15, 0.2) is 0 Å². The first-order valence-corrected chi connectivity index (χ1v) is 6.62. The van der Waals surface area contributed by atoms with Crippen molar-refractivity contribution in [2.45, 2.75) is 20.4 Å². The third kappa shape index (κ3) is 2.77. The lowest BCUT2D eigenvalue weighted by atomic mass is 10.2. The molecule has 2 aromatic rings. The average Bonchev–Trinajstić information content (AvgIpc) is 2.79. The maximum atomic E-state index is 12.2. The summed E-state index contributed by atoms with van der Waals surface area (Å²) in [6.07, 6.45) is 1.72. The SMILES string of the molecule is CCn1ncc(C)c1NC(=O)c1ccc(OC)c(Cl)c1. The summed E-state index contributed by atoms with van der Waals surface area (Å²) in [7, 11) is 1.53. The second-order valence-corrected chi connectivity index (χ2v) is 4.70. The molecule has 1 heterocycles. The van der Waals surface area contributed by atoms with Crippen LogP contribution in [0.4, 0.5) is 5.82 Å². The summed E-state index contributed by atoms with van der Waals surface area (Å²) in [6, 6.07) is 4.92. The molecule has 0 fully saturated rings. The van der Waals surface area contributed by atoms with Crippen molar-refractivity contribution in [1.82, 2.24) is 9.78 Å². The number of aryl methyl sites for hydroxylation is 2. The molecule has 1 N–H and O–H groups in total. The van der Waals surface area contributed by atoms with Crippen LogP contribution in [0.25, 0.3) is 0 Å². The molecule has 1 amide bonds. The Hall–Kier alpha value is -2.01. The van der Waals surface area contributed by atoms with Gasteiger partial charge in [-0.15, -0.1) is 0 Å². The summed E-state index contributed by atoms with van der Waals surface area (Å²) in [4.78, 5) is 12.2. The number of ether oxygens (including phenoxy) is 1. The van der Waals surface area contributed by atoms with Crippen molar-refractivity contribution in [2.24, 2.45) is 0 Å². The van der Waals surface area contributed by atoms with Crippen molar-refractivity contribution in [3.63, 3.8) is 0 Å². The van der Waals surface area contributed by atoms with E-state index in [1.165, 1.54) is 7.11 Å². The Morgan fingerprint density at radius 1 is 1.50 bits per heavy atom. The number of halogens is 1. The predicted molar refractivity (Wildman–Crippen MR) is 78.6 cm³/mol. The van der Waals surface area contributed by atoms with Crippen LogP contribution >= 0.6 is 11.6 Å². The van der Waals surface area contributed by atoms with Crippen LogP contribution in [0.15, 0.2) is 24.4 Å². The normalized spacial score (nSPS) is 10.4. The number of nitrogens with one attached hydrogen (secondary N) is 1. The summed E-state index contributed by atoms with van der Waals surface area (Å²) in [5, 5.41) is 7.44. The van der Waals surface area contributed by atoms with Gasteiger partial charge in [-0.05, 0) is 32.0 Å². The molecule has 5 nitrogen and oxygen atoms in total. The van der Waals surface area contributed by atoms with E-state index >= 15 is 0 Å². The largest absolute Gasteiger partial charge is 0.495 e. The summed E-state index contributed by atoms with van der Waals surface area (Å²) < 4.78 is 6.80. The number of aromatic nitrogens is 2. The number of hydrogen-bond donors (Lipinski definition) is 1. The Bertz CT molecular complexity index is 637.